The van der Waals surface area contributed by atoms with Gasteiger partial charge >= 0.3 is 0 Å². The first-order valence-electron chi connectivity index (χ1n) is 7.41. The van der Waals surface area contributed by atoms with E-state index >= 15 is 0 Å². The molecule has 0 aromatic carbocycles. The van der Waals surface area contributed by atoms with Crippen molar-refractivity contribution in [1.82, 2.24) is 4.90 Å². The molecule has 94 valence electrons. The van der Waals surface area contributed by atoms with E-state index < -0.39 is 0 Å². The lowest BCUT2D eigenvalue weighted by Gasteiger charge is -2.41. The van der Waals surface area contributed by atoms with Crippen molar-refractivity contribution < 1.29 is 0 Å². The zero-order chi connectivity index (χ0) is 11.5. The Morgan fingerprint density at radius 1 is 0.875 bits per heavy atom. The fourth-order valence-corrected chi connectivity index (χ4v) is 3.53. The van der Waals surface area contributed by atoms with Crippen molar-refractivity contribution in [3.8, 4) is 0 Å². The first kappa shape index (κ1) is 12.4. The van der Waals surface area contributed by atoms with Gasteiger partial charge in [0.15, 0.2) is 0 Å². The normalized spacial score (nSPS) is 34.5. The summed E-state index contributed by atoms with van der Waals surface area (Å²) in [5.74, 6) is 2.89. The lowest BCUT2D eigenvalue weighted by atomic mass is 9.79. The summed E-state index contributed by atoms with van der Waals surface area (Å²) in [6.07, 6.45) is 8.77. The van der Waals surface area contributed by atoms with Crippen LogP contribution in [-0.2, 0) is 0 Å². The molecule has 1 saturated carbocycles. The van der Waals surface area contributed by atoms with Gasteiger partial charge in [0, 0.05) is 6.04 Å². The Labute approximate surface area is 102 Å². The molecule has 16 heavy (non-hydrogen) atoms. The average Bonchev–Trinajstić information content (AvgIpc) is 2.30. The summed E-state index contributed by atoms with van der Waals surface area (Å²) < 4.78 is 0. The lowest BCUT2D eigenvalue weighted by molar-refractivity contribution is 0.0901. The van der Waals surface area contributed by atoms with Gasteiger partial charge < -0.3 is 4.90 Å². The van der Waals surface area contributed by atoms with Crippen molar-refractivity contribution in [3.05, 3.63) is 0 Å². The zero-order valence-electron chi connectivity index (χ0n) is 11.4. The van der Waals surface area contributed by atoms with Crippen molar-refractivity contribution in [3.63, 3.8) is 0 Å². The summed E-state index contributed by atoms with van der Waals surface area (Å²) in [5.41, 5.74) is 0. The molecule has 1 heteroatoms. The van der Waals surface area contributed by atoms with E-state index in [4.69, 9.17) is 0 Å². The van der Waals surface area contributed by atoms with Crippen LogP contribution in [0.5, 0.6) is 0 Å². The summed E-state index contributed by atoms with van der Waals surface area (Å²) in [7, 11) is 0. The van der Waals surface area contributed by atoms with Crippen LogP contribution in [0.25, 0.3) is 0 Å². The van der Waals surface area contributed by atoms with Crippen LogP contribution in [0.2, 0.25) is 0 Å². The second kappa shape index (κ2) is 5.53. The fraction of sp³-hybridized carbons (Fsp3) is 1.00. The van der Waals surface area contributed by atoms with Gasteiger partial charge in [0.1, 0.15) is 0 Å². The van der Waals surface area contributed by atoms with E-state index in [9.17, 15) is 0 Å². The van der Waals surface area contributed by atoms with Gasteiger partial charge in [0.25, 0.3) is 0 Å². The molecule has 1 aliphatic carbocycles. The number of nitrogens with zero attached hydrogens (tertiary/aromatic N) is 1. The molecular weight excluding hydrogens is 194 g/mol. The summed E-state index contributed by atoms with van der Waals surface area (Å²) >= 11 is 0. The van der Waals surface area contributed by atoms with E-state index in [-0.39, 0.29) is 0 Å². The molecule has 1 nitrogen and oxygen atoms in total. The van der Waals surface area contributed by atoms with Crippen molar-refractivity contribution in [2.24, 2.45) is 17.8 Å². The third-order valence-electron chi connectivity index (χ3n) is 5.02. The minimum Gasteiger partial charge on any atom is -0.300 e. The van der Waals surface area contributed by atoms with Crippen LogP contribution < -0.4 is 0 Å². The average molecular weight is 223 g/mol. The van der Waals surface area contributed by atoms with Gasteiger partial charge in [-0.05, 0) is 69.4 Å². The zero-order valence-corrected chi connectivity index (χ0v) is 11.4. The molecule has 0 unspecified atom stereocenters. The van der Waals surface area contributed by atoms with Crippen molar-refractivity contribution in [1.29, 1.82) is 0 Å². The molecule has 0 aromatic rings. The Morgan fingerprint density at radius 3 is 1.94 bits per heavy atom. The quantitative estimate of drug-likeness (QED) is 0.685. The molecule has 2 rings (SSSR count). The van der Waals surface area contributed by atoms with Crippen molar-refractivity contribution in [2.45, 2.75) is 65.3 Å². The Bertz CT molecular complexity index is 195. The molecule has 1 heterocycles. The molecule has 2 fully saturated rings. The predicted octanol–water partition coefficient (Wildman–Crippen LogP) is 3.93. The van der Waals surface area contributed by atoms with Gasteiger partial charge in [-0.2, -0.15) is 0 Å². The van der Waals surface area contributed by atoms with Crippen LogP contribution in [-0.4, -0.2) is 24.0 Å². The number of hydrogen-bond acceptors (Lipinski definition) is 1. The summed E-state index contributed by atoms with van der Waals surface area (Å²) in [6, 6.07) is 0.933. The van der Waals surface area contributed by atoms with Gasteiger partial charge in [0.2, 0.25) is 0 Å². The maximum Gasteiger partial charge on any atom is 0.00954 e. The minimum atomic E-state index is 0.905. The fourth-order valence-electron chi connectivity index (χ4n) is 3.53. The second-order valence-corrected chi connectivity index (χ2v) is 6.53. The summed E-state index contributed by atoms with van der Waals surface area (Å²) in [6.45, 7) is 9.95. The molecule has 0 radical (unpaired) electrons. The van der Waals surface area contributed by atoms with Crippen LogP contribution >= 0.6 is 0 Å². The van der Waals surface area contributed by atoms with Crippen molar-refractivity contribution >= 4 is 0 Å². The summed E-state index contributed by atoms with van der Waals surface area (Å²) in [4.78, 5) is 2.79. The van der Waals surface area contributed by atoms with Gasteiger partial charge in [-0.25, -0.2) is 0 Å². The van der Waals surface area contributed by atoms with E-state index in [1.165, 1.54) is 51.6 Å². The molecule has 0 spiro atoms. The van der Waals surface area contributed by atoms with Crippen LogP contribution in [0.1, 0.15) is 59.3 Å². The van der Waals surface area contributed by atoms with Gasteiger partial charge in [-0.15, -0.1) is 0 Å². The topological polar surface area (TPSA) is 3.24 Å². The standard InChI is InChI=1S/C15H29N/c1-12(2)14-4-6-15(7-5-14)16-10-8-13(3)9-11-16/h12-15H,4-11H2,1-3H3. The van der Waals surface area contributed by atoms with Crippen molar-refractivity contribution in [2.75, 3.05) is 13.1 Å². The van der Waals surface area contributed by atoms with Gasteiger partial charge in [-0.1, -0.05) is 20.8 Å². The Morgan fingerprint density at radius 2 is 1.44 bits per heavy atom. The molecule has 0 bridgehead atoms. The molecule has 0 N–H and O–H groups in total. The molecule has 2 aliphatic rings. The molecule has 0 amide bonds. The van der Waals surface area contributed by atoms with E-state index in [1.807, 2.05) is 0 Å². The maximum absolute atomic E-state index is 2.79. The highest BCUT2D eigenvalue weighted by molar-refractivity contribution is 4.83. The first-order chi connectivity index (χ1) is 7.66. The number of rotatable bonds is 2. The monoisotopic (exact) mass is 223 g/mol. The minimum absolute atomic E-state index is 0.905. The Hall–Kier alpha value is -0.0400. The van der Waals surface area contributed by atoms with E-state index in [0.717, 1.165) is 23.8 Å². The molecule has 0 aromatic heterocycles. The van der Waals surface area contributed by atoms with Crippen LogP contribution in [0.15, 0.2) is 0 Å². The Balaban J connectivity index is 1.76. The number of likely N-dealkylation sites (tertiary alicyclic amines) is 1. The maximum atomic E-state index is 2.79. The number of hydrogen-bond donors (Lipinski definition) is 0. The van der Waals surface area contributed by atoms with E-state index in [2.05, 4.69) is 25.7 Å². The van der Waals surface area contributed by atoms with Gasteiger partial charge in [-0.3, -0.25) is 0 Å². The highest BCUT2D eigenvalue weighted by Crippen LogP contribution is 2.33. The lowest BCUT2D eigenvalue weighted by Crippen LogP contribution is -2.43. The highest BCUT2D eigenvalue weighted by atomic mass is 15.2. The molecule has 0 atom stereocenters. The largest absolute Gasteiger partial charge is 0.300 e. The molecule has 1 saturated heterocycles. The van der Waals surface area contributed by atoms with E-state index in [0.29, 0.717) is 0 Å². The van der Waals surface area contributed by atoms with Crippen LogP contribution in [0, 0.1) is 17.8 Å². The van der Waals surface area contributed by atoms with E-state index in [1.54, 1.807) is 0 Å². The highest BCUT2D eigenvalue weighted by Gasteiger charge is 2.28. The third-order valence-corrected chi connectivity index (χ3v) is 5.02. The van der Waals surface area contributed by atoms with Crippen LogP contribution in [0.4, 0.5) is 0 Å². The molecule has 1 aliphatic heterocycles. The predicted molar refractivity (Wildman–Crippen MR) is 70.6 cm³/mol. The third kappa shape index (κ3) is 3.00. The Kier molecular flexibility index (Phi) is 4.29. The SMILES string of the molecule is CC1CCN(C2CCC(C(C)C)CC2)CC1. The summed E-state index contributed by atoms with van der Waals surface area (Å²) in [5, 5.41) is 0. The second-order valence-electron chi connectivity index (χ2n) is 6.53. The first-order valence-corrected chi connectivity index (χ1v) is 7.41. The van der Waals surface area contributed by atoms with Gasteiger partial charge in [0.05, 0.1) is 0 Å². The number of piperidine rings is 1. The molecular formula is C15H29N. The van der Waals surface area contributed by atoms with Crippen LogP contribution in [0.3, 0.4) is 0 Å². The smallest absolute Gasteiger partial charge is 0.00954 e.